The number of hydrogen-bond donors (Lipinski definition) is 4. The molecule has 2 aromatic heterocycles. The van der Waals surface area contributed by atoms with Crippen LogP contribution in [-0.2, 0) is 4.74 Å². The zero-order chi connectivity index (χ0) is 16.2. The summed E-state index contributed by atoms with van der Waals surface area (Å²) < 4.78 is 7.38. The van der Waals surface area contributed by atoms with Crippen molar-refractivity contribution in [3.8, 4) is 0 Å². The van der Waals surface area contributed by atoms with E-state index in [0.29, 0.717) is 18.0 Å². The maximum Gasteiger partial charge on any atom is 0.167 e. The molecule has 1 fully saturated rings. The number of ether oxygens (including phenoxy) is 1. The quantitative estimate of drug-likeness (QED) is 0.610. The summed E-state index contributed by atoms with van der Waals surface area (Å²) >= 11 is 0. The van der Waals surface area contributed by atoms with Gasteiger partial charge >= 0.3 is 0 Å². The van der Waals surface area contributed by atoms with Crippen LogP contribution in [0, 0.1) is 0 Å². The second kappa shape index (κ2) is 5.00. The predicted octanol–water partition coefficient (Wildman–Crippen LogP) is -0.128. The summed E-state index contributed by atoms with van der Waals surface area (Å²) in [6.45, 7) is 1.79. The van der Waals surface area contributed by atoms with Gasteiger partial charge in [0.05, 0.1) is 12.0 Å². The number of aromatic nitrogens is 3. The van der Waals surface area contributed by atoms with Crippen molar-refractivity contribution in [2.24, 2.45) is 0 Å². The Hall–Kier alpha value is -2.00. The van der Waals surface area contributed by atoms with Gasteiger partial charge in [0.1, 0.15) is 35.6 Å². The first kappa shape index (κ1) is 14.6. The smallest absolute Gasteiger partial charge is 0.167 e. The highest BCUT2D eigenvalue weighted by atomic mass is 16.6. The molecule has 122 valence electrons. The number of rotatable bonds is 2. The lowest BCUT2D eigenvalue weighted by atomic mass is 9.96. The van der Waals surface area contributed by atoms with Gasteiger partial charge in [-0.2, -0.15) is 0 Å². The van der Waals surface area contributed by atoms with Gasteiger partial charge < -0.3 is 29.9 Å². The van der Waals surface area contributed by atoms with Gasteiger partial charge in [0.2, 0.25) is 0 Å². The second-order valence-electron chi connectivity index (χ2n) is 6.08. The van der Waals surface area contributed by atoms with Gasteiger partial charge in [0.25, 0.3) is 0 Å². The summed E-state index contributed by atoms with van der Waals surface area (Å²) in [5.74, 6) is 0.714. The minimum atomic E-state index is -1.55. The van der Waals surface area contributed by atoms with Crippen molar-refractivity contribution in [2.75, 3.05) is 18.5 Å². The van der Waals surface area contributed by atoms with E-state index in [1.807, 2.05) is 18.3 Å². The molecule has 23 heavy (non-hydrogen) atoms. The molecular formula is C15H18N4O4. The van der Waals surface area contributed by atoms with E-state index in [2.05, 4.69) is 15.3 Å². The number of nitrogens with zero attached hydrogens (tertiary/aromatic N) is 3. The number of anilines is 1. The Morgan fingerprint density at radius 3 is 3.04 bits per heavy atom. The minimum Gasteiger partial charge on any atom is -0.394 e. The maximum absolute atomic E-state index is 10.7. The van der Waals surface area contributed by atoms with Crippen molar-refractivity contribution in [1.29, 1.82) is 0 Å². The van der Waals surface area contributed by atoms with Gasteiger partial charge in [0, 0.05) is 18.3 Å². The molecule has 0 aliphatic carbocycles. The van der Waals surface area contributed by atoms with E-state index in [9.17, 15) is 15.3 Å². The van der Waals surface area contributed by atoms with Crippen LogP contribution in [0.1, 0.15) is 18.7 Å². The number of aliphatic hydroxyl groups excluding tert-OH is 2. The molecule has 0 radical (unpaired) electrons. The largest absolute Gasteiger partial charge is 0.394 e. The molecule has 2 aliphatic rings. The fourth-order valence-electron chi connectivity index (χ4n) is 3.28. The molecule has 0 unspecified atom stereocenters. The van der Waals surface area contributed by atoms with Crippen LogP contribution >= 0.6 is 0 Å². The zero-order valence-electron chi connectivity index (χ0n) is 12.5. The van der Waals surface area contributed by atoms with Crippen molar-refractivity contribution < 1.29 is 20.1 Å². The van der Waals surface area contributed by atoms with E-state index in [1.54, 1.807) is 4.57 Å². The summed E-state index contributed by atoms with van der Waals surface area (Å²) in [6, 6.07) is 0. The topological polar surface area (TPSA) is 113 Å². The first-order valence-corrected chi connectivity index (χ1v) is 7.46. The molecule has 1 saturated heterocycles. The van der Waals surface area contributed by atoms with Crippen LogP contribution in [0.5, 0.6) is 0 Å². The molecule has 2 aromatic rings. The van der Waals surface area contributed by atoms with Crippen LogP contribution < -0.4 is 5.32 Å². The van der Waals surface area contributed by atoms with E-state index >= 15 is 0 Å². The van der Waals surface area contributed by atoms with Crippen molar-refractivity contribution in [3.05, 3.63) is 24.2 Å². The highest BCUT2D eigenvalue weighted by molar-refractivity contribution is 5.96. The van der Waals surface area contributed by atoms with E-state index < -0.39 is 24.0 Å². The molecule has 0 saturated carbocycles. The highest BCUT2D eigenvalue weighted by Gasteiger charge is 2.53. The van der Waals surface area contributed by atoms with Gasteiger partial charge in [-0.25, -0.2) is 9.97 Å². The molecule has 0 amide bonds. The third-order valence-electron chi connectivity index (χ3n) is 4.51. The fourth-order valence-corrected chi connectivity index (χ4v) is 3.28. The molecule has 0 bridgehead atoms. The Morgan fingerprint density at radius 1 is 1.48 bits per heavy atom. The van der Waals surface area contributed by atoms with Crippen LogP contribution in [0.4, 0.5) is 5.82 Å². The zero-order valence-corrected chi connectivity index (χ0v) is 12.5. The summed E-state index contributed by atoms with van der Waals surface area (Å²) in [6.07, 6.45) is 4.29. The van der Waals surface area contributed by atoms with Crippen LogP contribution in [0.25, 0.3) is 17.1 Å². The van der Waals surface area contributed by atoms with E-state index in [0.717, 1.165) is 10.9 Å². The Morgan fingerprint density at radius 2 is 2.30 bits per heavy atom. The van der Waals surface area contributed by atoms with E-state index in [1.165, 1.54) is 13.3 Å². The van der Waals surface area contributed by atoms with Crippen molar-refractivity contribution >= 4 is 22.9 Å². The predicted molar refractivity (Wildman–Crippen MR) is 82.7 cm³/mol. The van der Waals surface area contributed by atoms with Crippen LogP contribution in [0.15, 0.2) is 18.6 Å². The van der Waals surface area contributed by atoms with Gasteiger partial charge in [0.15, 0.2) is 6.23 Å². The van der Waals surface area contributed by atoms with Gasteiger partial charge in [-0.1, -0.05) is 12.2 Å². The summed E-state index contributed by atoms with van der Waals surface area (Å²) in [5.41, 5.74) is -0.0507. The third-order valence-corrected chi connectivity index (χ3v) is 4.51. The van der Waals surface area contributed by atoms with Gasteiger partial charge in [-0.3, -0.25) is 0 Å². The Balaban J connectivity index is 1.90. The molecule has 4 N–H and O–H groups in total. The van der Waals surface area contributed by atoms with E-state index in [-0.39, 0.29) is 6.61 Å². The second-order valence-corrected chi connectivity index (χ2v) is 6.08. The first-order chi connectivity index (χ1) is 11.0. The number of aliphatic hydroxyl groups is 3. The summed E-state index contributed by atoms with van der Waals surface area (Å²) in [4.78, 5) is 8.57. The molecule has 4 atom stereocenters. The number of nitrogens with one attached hydrogen (secondary N) is 1. The van der Waals surface area contributed by atoms with E-state index in [4.69, 9.17) is 4.74 Å². The normalized spacial score (nSPS) is 33.0. The average Bonchev–Trinajstić information content (AvgIpc) is 2.90. The maximum atomic E-state index is 10.7. The SMILES string of the molecule is C[C@@]1(O)[C@H](O)[C@@H](CO)O[C@H]1n1cc2c3c(ncnc31)NCC=C2. The standard InChI is InChI=1S/C15H18N4O4/c1-15(22)11(21)9(6-20)23-14(15)19-5-8-3-2-4-16-12-10(8)13(19)18-7-17-12/h2-3,5,7,9,11,14,20-22H,4,6H2,1H3,(H,16,17,18)/t9-,11-,14-,15-/m1/s1. The molecule has 0 aromatic carbocycles. The Labute approximate surface area is 132 Å². The highest BCUT2D eigenvalue weighted by Crippen LogP contribution is 2.41. The van der Waals surface area contributed by atoms with Crippen LogP contribution in [0.2, 0.25) is 0 Å². The van der Waals surface area contributed by atoms with Crippen molar-refractivity contribution in [2.45, 2.75) is 31.0 Å². The van der Waals surface area contributed by atoms with Gasteiger partial charge in [-0.15, -0.1) is 0 Å². The summed E-state index contributed by atoms with van der Waals surface area (Å²) in [7, 11) is 0. The minimum absolute atomic E-state index is 0.373. The summed E-state index contributed by atoms with van der Waals surface area (Å²) in [5, 5.41) is 34.2. The Kier molecular flexibility index (Phi) is 3.17. The van der Waals surface area contributed by atoms with Crippen molar-refractivity contribution in [3.63, 3.8) is 0 Å². The van der Waals surface area contributed by atoms with Gasteiger partial charge in [-0.05, 0) is 6.92 Å². The lowest BCUT2D eigenvalue weighted by molar-refractivity contribution is -0.0948. The van der Waals surface area contributed by atoms with Crippen LogP contribution in [-0.4, -0.2) is 60.8 Å². The Bertz CT molecular complexity index is 785. The molecular weight excluding hydrogens is 300 g/mol. The number of hydrogen-bond acceptors (Lipinski definition) is 7. The molecule has 4 rings (SSSR count). The average molecular weight is 318 g/mol. The molecule has 8 heteroatoms. The monoisotopic (exact) mass is 318 g/mol. The molecule has 0 spiro atoms. The lowest BCUT2D eigenvalue weighted by Gasteiger charge is -2.27. The van der Waals surface area contributed by atoms with Crippen LogP contribution in [0.3, 0.4) is 0 Å². The fraction of sp³-hybridized carbons (Fsp3) is 0.467. The molecule has 2 aliphatic heterocycles. The first-order valence-electron chi connectivity index (χ1n) is 7.46. The molecule has 4 heterocycles. The van der Waals surface area contributed by atoms with Crippen molar-refractivity contribution in [1.82, 2.24) is 14.5 Å². The molecule has 8 nitrogen and oxygen atoms in total. The third kappa shape index (κ3) is 1.99. The lowest BCUT2D eigenvalue weighted by Crippen LogP contribution is -2.44.